The standard InChI is InChI=1S/C23H20N6O2S/c1-13(16-9-30-10-16)31-20-5-14(15-7-27-28-8-15)4-19-22(20)23(25-11-24-19)29-17-2-3-18-21(6-17)32-12-26-18/h2-8,11-13,16H,9-10H2,1H3,(H,27,28)(H,24,25,29)/t13-/m0/s1. The maximum absolute atomic E-state index is 6.47. The Kier molecular flexibility index (Phi) is 4.70. The van der Waals surface area contributed by atoms with Crippen LogP contribution in [0.1, 0.15) is 6.92 Å². The van der Waals surface area contributed by atoms with Crippen LogP contribution in [0.3, 0.4) is 0 Å². The summed E-state index contributed by atoms with van der Waals surface area (Å²) in [6.07, 6.45) is 5.23. The highest BCUT2D eigenvalue weighted by molar-refractivity contribution is 7.16. The van der Waals surface area contributed by atoms with E-state index in [0.29, 0.717) is 11.7 Å². The molecular weight excluding hydrogens is 424 g/mol. The summed E-state index contributed by atoms with van der Waals surface area (Å²) in [7, 11) is 0. The van der Waals surface area contributed by atoms with E-state index in [1.165, 1.54) is 0 Å². The molecule has 3 aromatic heterocycles. The number of ether oxygens (including phenoxy) is 2. The highest BCUT2D eigenvalue weighted by atomic mass is 32.1. The summed E-state index contributed by atoms with van der Waals surface area (Å²) in [4.78, 5) is 13.5. The summed E-state index contributed by atoms with van der Waals surface area (Å²) in [5, 5.41) is 11.3. The van der Waals surface area contributed by atoms with E-state index in [1.54, 1.807) is 23.9 Å². The monoisotopic (exact) mass is 444 g/mol. The van der Waals surface area contributed by atoms with Crippen LogP contribution in [-0.2, 0) is 4.74 Å². The zero-order valence-electron chi connectivity index (χ0n) is 17.3. The molecule has 2 aromatic carbocycles. The van der Waals surface area contributed by atoms with Gasteiger partial charge in [-0.15, -0.1) is 11.3 Å². The maximum Gasteiger partial charge on any atom is 0.145 e. The zero-order valence-corrected chi connectivity index (χ0v) is 18.1. The van der Waals surface area contributed by atoms with Crippen molar-refractivity contribution in [3.8, 4) is 16.9 Å². The SMILES string of the molecule is C[C@H](Oc1cc(-c2cn[nH]c2)cc2ncnc(Nc3ccc4ncsc4c3)c12)C1COC1. The molecule has 32 heavy (non-hydrogen) atoms. The van der Waals surface area contributed by atoms with Gasteiger partial charge in [0.1, 0.15) is 24.0 Å². The molecule has 9 heteroatoms. The number of H-pyrrole nitrogens is 1. The summed E-state index contributed by atoms with van der Waals surface area (Å²) in [6, 6.07) is 10.2. The number of nitrogens with zero attached hydrogens (tertiary/aromatic N) is 4. The minimum atomic E-state index is 0.00755. The van der Waals surface area contributed by atoms with Crippen molar-refractivity contribution < 1.29 is 9.47 Å². The molecule has 1 saturated heterocycles. The molecular formula is C23H20N6O2S. The molecule has 2 N–H and O–H groups in total. The molecule has 0 amide bonds. The fraction of sp³-hybridized carbons (Fsp3) is 0.217. The highest BCUT2D eigenvalue weighted by Gasteiger charge is 2.27. The van der Waals surface area contributed by atoms with Crippen LogP contribution in [0.4, 0.5) is 11.5 Å². The summed E-state index contributed by atoms with van der Waals surface area (Å²) < 4.78 is 12.9. The largest absolute Gasteiger partial charge is 0.489 e. The van der Waals surface area contributed by atoms with Crippen LogP contribution in [0.15, 0.2) is 54.6 Å². The van der Waals surface area contributed by atoms with Gasteiger partial charge in [0.15, 0.2) is 0 Å². The summed E-state index contributed by atoms with van der Waals surface area (Å²) in [5.41, 5.74) is 6.52. The molecule has 0 aliphatic carbocycles. The smallest absolute Gasteiger partial charge is 0.145 e. The topological polar surface area (TPSA) is 97.8 Å². The molecule has 0 radical (unpaired) electrons. The first kappa shape index (κ1) is 19.1. The Morgan fingerprint density at radius 1 is 1.12 bits per heavy atom. The van der Waals surface area contributed by atoms with E-state index < -0.39 is 0 Å². The molecule has 1 aliphatic rings. The van der Waals surface area contributed by atoms with Gasteiger partial charge in [-0.3, -0.25) is 5.10 Å². The lowest BCUT2D eigenvalue weighted by Gasteiger charge is -2.32. The summed E-state index contributed by atoms with van der Waals surface area (Å²) in [6.45, 7) is 3.52. The van der Waals surface area contributed by atoms with Crippen LogP contribution < -0.4 is 10.1 Å². The normalized spacial score (nSPS) is 15.0. The van der Waals surface area contributed by atoms with Gasteiger partial charge in [-0.05, 0) is 42.8 Å². The third-order valence-electron chi connectivity index (χ3n) is 5.77. The van der Waals surface area contributed by atoms with Gasteiger partial charge in [-0.1, -0.05) is 0 Å². The molecule has 0 spiro atoms. The second kappa shape index (κ2) is 7.85. The Bertz CT molecular complexity index is 1400. The molecule has 6 rings (SSSR count). The Labute approximate surface area is 187 Å². The van der Waals surface area contributed by atoms with E-state index >= 15 is 0 Å². The van der Waals surface area contributed by atoms with Crippen molar-refractivity contribution in [3.63, 3.8) is 0 Å². The molecule has 0 unspecified atom stereocenters. The third kappa shape index (κ3) is 3.45. The summed E-state index contributed by atoms with van der Waals surface area (Å²) in [5.74, 6) is 1.81. The van der Waals surface area contributed by atoms with E-state index in [2.05, 4.69) is 43.5 Å². The number of nitrogens with one attached hydrogen (secondary N) is 2. The number of thiazole rings is 1. The van der Waals surface area contributed by atoms with Crippen LogP contribution in [-0.4, -0.2) is 44.5 Å². The first-order valence-corrected chi connectivity index (χ1v) is 11.2. The molecule has 0 saturated carbocycles. The molecule has 1 aliphatic heterocycles. The second-order valence-electron chi connectivity index (χ2n) is 7.86. The average Bonchev–Trinajstić information content (AvgIpc) is 3.44. The van der Waals surface area contributed by atoms with Gasteiger partial charge in [0.05, 0.1) is 46.0 Å². The van der Waals surface area contributed by atoms with E-state index in [4.69, 9.17) is 9.47 Å². The van der Waals surface area contributed by atoms with Crippen LogP contribution in [0, 0.1) is 5.92 Å². The van der Waals surface area contributed by atoms with Gasteiger partial charge in [0.25, 0.3) is 0 Å². The van der Waals surface area contributed by atoms with Crippen LogP contribution in [0.2, 0.25) is 0 Å². The number of benzene rings is 2. The number of fused-ring (bicyclic) bond motifs is 2. The van der Waals surface area contributed by atoms with Crippen molar-refractivity contribution >= 4 is 44.0 Å². The Morgan fingerprint density at radius 3 is 2.88 bits per heavy atom. The fourth-order valence-electron chi connectivity index (χ4n) is 3.81. The maximum atomic E-state index is 6.47. The predicted molar refractivity (Wildman–Crippen MR) is 124 cm³/mol. The van der Waals surface area contributed by atoms with Gasteiger partial charge >= 0.3 is 0 Å². The lowest BCUT2D eigenvalue weighted by atomic mass is 10.0. The lowest BCUT2D eigenvalue weighted by Crippen LogP contribution is -2.39. The van der Waals surface area contributed by atoms with E-state index in [0.717, 1.165) is 56.9 Å². The van der Waals surface area contributed by atoms with Crippen molar-refractivity contribution in [1.29, 1.82) is 0 Å². The van der Waals surface area contributed by atoms with Gasteiger partial charge < -0.3 is 14.8 Å². The Balaban J connectivity index is 1.45. The number of aromatic amines is 1. The van der Waals surface area contributed by atoms with Crippen molar-refractivity contribution in [1.82, 2.24) is 25.1 Å². The Morgan fingerprint density at radius 2 is 2.06 bits per heavy atom. The quantitative estimate of drug-likeness (QED) is 0.389. The average molecular weight is 445 g/mol. The number of aromatic nitrogens is 5. The second-order valence-corrected chi connectivity index (χ2v) is 8.74. The van der Waals surface area contributed by atoms with Gasteiger partial charge in [-0.2, -0.15) is 5.10 Å². The molecule has 5 aromatic rings. The minimum Gasteiger partial charge on any atom is -0.489 e. The van der Waals surface area contributed by atoms with Gasteiger partial charge in [0, 0.05) is 23.4 Å². The third-order valence-corrected chi connectivity index (χ3v) is 6.56. The first-order valence-electron chi connectivity index (χ1n) is 10.4. The number of hydrogen-bond donors (Lipinski definition) is 2. The first-order chi connectivity index (χ1) is 15.7. The summed E-state index contributed by atoms with van der Waals surface area (Å²) >= 11 is 1.61. The Hall–Kier alpha value is -3.56. The minimum absolute atomic E-state index is 0.00755. The molecule has 160 valence electrons. The van der Waals surface area contributed by atoms with Crippen LogP contribution in [0.5, 0.6) is 5.75 Å². The van der Waals surface area contributed by atoms with Gasteiger partial charge in [-0.25, -0.2) is 15.0 Å². The lowest BCUT2D eigenvalue weighted by molar-refractivity contribution is -0.0773. The number of anilines is 2. The zero-order chi connectivity index (χ0) is 21.5. The molecule has 0 bridgehead atoms. The van der Waals surface area contributed by atoms with E-state index in [1.807, 2.05) is 36.0 Å². The van der Waals surface area contributed by atoms with E-state index in [-0.39, 0.29) is 6.10 Å². The number of hydrogen-bond acceptors (Lipinski definition) is 8. The van der Waals surface area contributed by atoms with E-state index in [9.17, 15) is 0 Å². The van der Waals surface area contributed by atoms with Crippen molar-refractivity contribution in [2.45, 2.75) is 13.0 Å². The molecule has 1 atom stereocenters. The van der Waals surface area contributed by atoms with Crippen molar-refractivity contribution in [2.24, 2.45) is 5.92 Å². The van der Waals surface area contributed by atoms with Gasteiger partial charge in [0.2, 0.25) is 0 Å². The number of rotatable bonds is 6. The van der Waals surface area contributed by atoms with Crippen LogP contribution >= 0.6 is 11.3 Å². The van der Waals surface area contributed by atoms with Crippen molar-refractivity contribution in [2.75, 3.05) is 18.5 Å². The molecule has 1 fully saturated rings. The fourth-order valence-corrected chi connectivity index (χ4v) is 4.52. The molecule has 8 nitrogen and oxygen atoms in total. The van der Waals surface area contributed by atoms with Crippen LogP contribution in [0.25, 0.3) is 32.2 Å². The predicted octanol–water partition coefficient (Wildman–Crippen LogP) is 4.79. The molecule has 4 heterocycles. The highest BCUT2D eigenvalue weighted by Crippen LogP contribution is 2.37. The van der Waals surface area contributed by atoms with Crippen molar-refractivity contribution in [3.05, 3.63) is 54.6 Å².